The Morgan fingerprint density at radius 2 is 1.51 bits per heavy atom. The number of furan rings is 1. The second-order valence-corrected chi connectivity index (χ2v) is 15.1. The van der Waals surface area contributed by atoms with Gasteiger partial charge in [-0.2, -0.15) is 6.07 Å². The smallest absolute Gasteiger partial charge is 0.514 e. The van der Waals surface area contributed by atoms with Crippen LogP contribution in [-0.4, -0.2) is 14.5 Å². The Kier molecular flexibility index (Phi) is 7.11. The molecule has 3 aromatic carbocycles. The minimum Gasteiger partial charge on any atom is -0.514 e. The van der Waals surface area contributed by atoms with Crippen LogP contribution in [0.25, 0.3) is 49.9 Å². The third-order valence-corrected chi connectivity index (χ3v) is 9.42. The van der Waals surface area contributed by atoms with E-state index >= 15 is 0 Å². The maximum absolute atomic E-state index is 6.49. The Labute approximate surface area is 290 Å². The number of para-hydroxylation sites is 1. The minimum absolute atomic E-state index is 0. The summed E-state index contributed by atoms with van der Waals surface area (Å²) in [6, 6.07) is 30.0. The molecule has 0 N–H and O–H groups in total. The first-order chi connectivity index (χ1) is 21.8. The number of ether oxygens (including phenoxy) is 1. The van der Waals surface area contributed by atoms with Gasteiger partial charge in [-0.25, -0.2) is 4.98 Å². The summed E-state index contributed by atoms with van der Waals surface area (Å²) in [6.07, 6.45) is 3.89. The molecule has 0 unspecified atom stereocenters. The van der Waals surface area contributed by atoms with Gasteiger partial charge in [0.15, 0.2) is 0 Å². The fraction of sp³-hybridized carbons (Fsp3) is 0.268. The van der Waals surface area contributed by atoms with Crippen molar-refractivity contribution in [2.75, 3.05) is 0 Å². The SMILES string of the molecule is CC(C)(C)c1ccnc(-n2c3[c-]c(Oc4[c-]c5c6c(oc5cc4)C(C)(C)c4cc(C(C)(C)C)cnc4-6)ccc3c3ccccc32)c1.[Pt+2]. The first kappa shape index (κ1) is 31.4. The van der Waals surface area contributed by atoms with Gasteiger partial charge in [-0.15, -0.1) is 17.5 Å². The van der Waals surface area contributed by atoms with Gasteiger partial charge in [0.2, 0.25) is 0 Å². The number of fused-ring (bicyclic) bond motifs is 8. The van der Waals surface area contributed by atoms with Crippen molar-refractivity contribution >= 4 is 32.8 Å². The molecule has 6 heteroatoms. The molecule has 0 aliphatic heterocycles. The molecule has 0 spiro atoms. The maximum atomic E-state index is 6.49. The van der Waals surface area contributed by atoms with Gasteiger partial charge in [-0.05, 0) is 70.5 Å². The van der Waals surface area contributed by atoms with Gasteiger partial charge in [-0.3, -0.25) is 4.98 Å². The molecule has 0 saturated carbocycles. The van der Waals surface area contributed by atoms with Crippen molar-refractivity contribution in [2.45, 2.75) is 71.6 Å². The third kappa shape index (κ3) is 4.93. The van der Waals surface area contributed by atoms with E-state index in [1.807, 2.05) is 30.6 Å². The van der Waals surface area contributed by atoms with Crippen LogP contribution in [0.1, 0.15) is 77.8 Å². The van der Waals surface area contributed by atoms with E-state index < -0.39 is 0 Å². The second-order valence-electron chi connectivity index (χ2n) is 15.1. The molecule has 0 amide bonds. The number of hydrogen-bond donors (Lipinski definition) is 0. The zero-order valence-electron chi connectivity index (χ0n) is 28.0. The first-order valence-corrected chi connectivity index (χ1v) is 15.9. The molecule has 1 aliphatic carbocycles. The van der Waals surface area contributed by atoms with E-state index in [2.05, 4.69) is 121 Å². The van der Waals surface area contributed by atoms with E-state index in [0.29, 0.717) is 11.5 Å². The molecule has 0 radical (unpaired) electrons. The van der Waals surface area contributed by atoms with Crippen LogP contribution in [0.5, 0.6) is 11.5 Å². The third-order valence-electron chi connectivity index (χ3n) is 9.42. The van der Waals surface area contributed by atoms with Gasteiger partial charge in [0, 0.05) is 46.1 Å². The average Bonchev–Trinajstić information content (AvgIpc) is 3.62. The molecule has 0 atom stereocenters. The summed E-state index contributed by atoms with van der Waals surface area (Å²) in [5, 5.41) is 3.12. The Balaban J connectivity index is 0.00000351. The van der Waals surface area contributed by atoms with Crippen molar-refractivity contribution < 1.29 is 30.2 Å². The molecule has 47 heavy (non-hydrogen) atoms. The van der Waals surface area contributed by atoms with Gasteiger partial charge >= 0.3 is 21.1 Å². The first-order valence-electron chi connectivity index (χ1n) is 15.9. The van der Waals surface area contributed by atoms with E-state index in [4.69, 9.17) is 19.1 Å². The summed E-state index contributed by atoms with van der Waals surface area (Å²) in [5.74, 6) is 2.98. The van der Waals surface area contributed by atoms with Gasteiger partial charge in [0.05, 0.1) is 5.76 Å². The summed E-state index contributed by atoms with van der Waals surface area (Å²) in [6.45, 7) is 17.7. The van der Waals surface area contributed by atoms with Crippen LogP contribution < -0.4 is 4.74 Å². The van der Waals surface area contributed by atoms with Gasteiger partial charge in [0.1, 0.15) is 5.82 Å². The molecule has 5 nitrogen and oxygen atoms in total. The number of rotatable bonds is 3. The monoisotopic (exact) mass is 798 g/mol. The van der Waals surface area contributed by atoms with Crippen LogP contribution in [0, 0.1) is 12.1 Å². The zero-order chi connectivity index (χ0) is 32.2. The topological polar surface area (TPSA) is 53.1 Å². The standard InChI is InChI=1S/C41H37N3O2.Pt/c1-39(2,3)24-17-18-42-35(20-24)44-32-12-10-9-11-28(32)29-15-13-27(22-33(29)44)45-26-14-16-34-30(21-26)36-37-31(41(7,8)38(36)46-34)19-25(23-43-37)40(4,5)6;/h9-20,23H,1-8H3;/q-2;+2. The normalized spacial score (nSPS) is 14.0. The summed E-state index contributed by atoms with van der Waals surface area (Å²) in [5.41, 5.74) is 8.05. The number of benzene rings is 3. The summed E-state index contributed by atoms with van der Waals surface area (Å²) >= 11 is 0. The van der Waals surface area contributed by atoms with E-state index in [0.717, 1.165) is 55.6 Å². The molecule has 0 bridgehead atoms. The van der Waals surface area contributed by atoms with Crippen molar-refractivity contribution in [3.8, 4) is 28.6 Å². The van der Waals surface area contributed by atoms with Crippen molar-refractivity contribution in [3.63, 3.8) is 0 Å². The quantitative estimate of drug-likeness (QED) is 0.167. The fourth-order valence-corrected chi connectivity index (χ4v) is 6.70. The molecule has 0 saturated heterocycles. The Morgan fingerprint density at radius 3 is 2.28 bits per heavy atom. The second kappa shape index (κ2) is 10.7. The van der Waals surface area contributed by atoms with Crippen LogP contribution in [-0.2, 0) is 37.3 Å². The fourth-order valence-electron chi connectivity index (χ4n) is 6.70. The summed E-state index contributed by atoms with van der Waals surface area (Å²) < 4.78 is 15.1. The van der Waals surface area contributed by atoms with E-state index in [-0.39, 0.29) is 37.3 Å². The molecular formula is C41H37N3O2Pt. The number of pyridine rings is 2. The molecule has 8 rings (SSSR count). The summed E-state index contributed by atoms with van der Waals surface area (Å²) in [7, 11) is 0. The maximum Gasteiger partial charge on any atom is 2.00 e. The predicted molar refractivity (Wildman–Crippen MR) is 185 cm³/mol. The molecular weight excluding hydrogens is 762 g/mol. The van der Waals surface area contributed by atoms with Crippen LogP contribution in [0.15, 0.2) is 83.5 Å². The predicted octanol–water partition coefficient (Wildman–Crippen LogP) is 10.6. The van der Waals surface area contributed by atoms with E-state index in [1.165, 1.54) is 16.7 Å². The Bertz CT molecular complexity index is 2350. The van der Waals surface area contributed by atoms with Crippen molar-refractivity contribution in [2.24, 2.45) is 0 Å². The van der Waals surface area contributed by atoms with Crippen LogP contribution >= 0.6 is 0 Å². The number of hydrogen-bond acceptors (Lipinski definition) is 4. The minimum atomic E-state index is -0.308. The van der Waals surface area contributed by atoms with Crippen LogP contribution in [0.4, 0.5) is 0 Å². The summed E-state index contributed by atoms with van der Waals surface area (Å²) in [4.78, 5) is 9.78. The van der Waals surface area contributed by atoms with Crippen LogP contribution in [0.3, 0.4) is 0 Å². The van der Waals surface area contributed by atoms with Gasteiger partial charge < -0.3 is 13.7 Å². The average molecular weight is 799 g/mol. The van der Waals surface area contributed by atoms with Gasteiger partial charge in [0.25, 0.3) is 0 Å². The van der Waals surface area contributed by atoms with Crippen LogP contribution in [0.2, 0.25) is 0 Å². The molecule has 4 heterocycles. The number of nitrogens with zero attached hydrogens (tertiary/aromatic N) is 3. The van der Waals surface area contributed by atoms with E-state index in [1.54, 1.807) is 0 Å². The zero-order valence-corrected chi connectivity index (χ0v) is 30.3. The number of aromatic nitrogens is 3. The van der Waals surface area contributed by atoms with Crippen molar-refractivity contribution in [1.29, 1.82) is 0 Å². The van der Waals surface area contributed by atoms with Crippen molar-refractivity contribution in [3.05, 3.63) is 114 Å². The molecule has 238 valence electrons. The van der Waals surface area contributed by atoms with Crippen molar-refractivity contribution in [1.82, 2.24) is 14.5 Å². The Morgan fingerprint density at radius 1 is 0.787 bits per heavy atom. The van der Waals surface area contributed by atoms with Gasteiger partial charge in [-0.1, -0.05) is 94.9 Å². The molecule has 0 fully saturated rings. The Hall–Kier alpha value is -4.21. The molecule has 1 aliphatic rings. The largest absolute Gasteiger partial charge is 2.00 e. The molecule has 7 aromatic rings. The van der Waals surface area contributed by atoms with E-state index in [9.17, 15) is 0 Å². The molecule has 4 aromatic heterocycles.